The maximum absolute atomic E-state index is 5.55. The number of rotatable bonds is 0. The van der Waals surface area contributed by atoms with Gasteiger partial charge in [-0.05, 0) is 24.3 Å². The van der Waals surface area contributed by atoms with Crippen LogP contribution in [0.3, 0.4) is 0 Å². The lowest BCUT2D eigenvalue weighted by atomic mass is 10.5. The van der Waals surface area contributed by atoms with E-state index >= 15 is 0 Å². The molecule has 1 saturated heterocycles. The summed E-state index contributed by atoms with van der Waals surface area (Å²) in [7, 11) is 0. The SMILES string of the molecule is C1COCCOCCCSCCOCCSC1. The van der Waals surface area contributed by atoms with Crippen molar-refractivity contribution in [3.05, 3.63) is 0 Å². The molecule has 0 aromatic carbocycles. The summed E-state index contributed by atoms with van der Waals surface area (Å²) in [5, 5.41) is 0. The first-order valence-electron chi connectivity index (χ1n) is 6.39. The summed E-state index contributed by atoms with van der Waals surface area (Å²) >= 11 is 3.90. The van der Waals surface area contributed by atoms with E-state index < -0.39 is 0 Å². The molecule has 102 valence electrons. The zero-order chi connectivity index (χ0) is 12.0. The van der Waals surface area contributed by atoms with E-state index in [9.17, 15) is 0 Å². The third-order valence-electron chi connectivity index (χ3n) is 2.27. The molecule has 0 atom stereocenters. The summed E-state index contributed by atoms with van der Waals surface area (Å²) in [6.07, 6.45) is 2.25. The molecule has 0 bridgehead atoms. The van der Waals surface area contributed by atoms with Crippen LogP contribution in [0.25, 0.3) is 0 Å². The highest BCUT2D eigenvalue weighted by atomic mass is 32.2. The highest BCUT2D eigenvalue weighted by molar-refractivity contribution is 7.99. The van der Waals surface area contributed by atoms with Gasteiger partial charge in [0.05, 0.1) is 26.4 Å². The second kappa shape index (κ2) is 13.0. The van der Waals surface area contributed by atoms with Crippen LogP contribution in [0.4, 0.5) is 0 Å². The predicted molar refractivity (Wildman–Crippen MR) is 76.3 cm³/mol. The molecule has 0 unspecified atom stereocenters. The molecule has 0 N–H and O–H groups in total. The van der Waals surface area contributed by atoms with Crippen LogP contribution in [-0.2, 0) is 14.2 Å². The van der Waals surface area contributed by atoms with Gasteiger partial charge >= 0.3 is 0 Å². The molecule has 3 nitrogen and oxygen atoms in total. The fraction of sp³-hybridized carbons (Fsp3) is 1.00. The Labute approximate surface area is 113 Å². The van der Waals surface area contributed by atoms with E-state index in [0.29, 0.717) is 0 Å². The summed E-state index contributed by atoms with van der Waals surface area (Å²) in [6, 6.07) is 0. The average molecular weight is 280 g/mol. The van der Waals surface area contributed by atoms with Gasteiger partial charge in [-0.2, -0.15) is 23.5 Å². The van der Waals surface area contributed by atoms with Crippen molar-refractivity contribution < 1.29 is 14.2 Å². The van der Waals surface area contributed by atoms with Crippen molar-refractivity contribution in [3.63, 3.8) is 0 Å². The van der Waals surface area contributed by atoms with Gasteiger partial charge in [0.1, 0.15) is 0 Å². The first-order chi connectivity index (χ1) is 8.50. The zero-order valence-corrected chi connectivity index (χ0v) is 12.2. The highest BCUT2D eigenvalue weighted by Gasteiger charge is 1.96. The van der Waals surface area contributed by atoms with Crippen molar-refractivity contribution in [2.75, 3.05) is 62.7 Å². The third-order valence-corrected chi connectivity index (χ3v) is 4.34. The van der Waals surface area contributed by atoms with Crippen molar-refractivity contribution in [2.45, 2.75) is 12.8 Å². The van der Waals surface area contributed by atoms with E-state index in [1.165, 1.54) is 11.5 Å². The van der Waals surface area contributed by atoms with Gasteiger partial charge < -0.3 is 14.2 Å². The minimum absolute atomic E-state index is 0.737. The van der Waals surface area contributed by atoms with Gasteiger partial charge in [0.2, 0.25) is 0 Å². The summed E-state index contributed by atoms with van der Waals surface area (Å²) < 4.78 is 16.5. The monoisotopic (exact) mass is 280 g/mol. The summed E-state index contributed by atoms with van der Waals surface area (Å²) in [6.45, 7) is 4.95. The van der Waals surface area contributed by atoms with E-state index in [1.54, 1.807) is 0 Å². The molecular weight excluding hydrogens is 256 g/mol. The molecule has 1 fully saturated rings. The van der Waals surface area contributed by atoms with E-state index in [2.05, 4.69) is 0 Å². The van der Waals surface area contributed by atoms with E-state index in [-0.39, 0.29) is 0 Å². The minimum Gasteiger partial charge on any atom is -0.380 e. The number of hydrogen-bond donors (Lipinski definition) is 0. The van der Waals surface area contributed by atoms with E-state index in [0.717, 1.165) is 64.0 Å². The molecule has 17 heavy (non-hydrogen) atoms. The van der Waals surface area contributed by atoms with Gasteiger partial charge in [-0.15, -0.1) is 0 Å². The van der Waals surface area contributed by atoms with Crippen molar-refractivity contribution >= 4 is 23.5 Å². The fourth-order valence-corrected chi connectivity index (χ4v) is 2.91. The number of thioether (sulfide) groups is 2. The van der Waals surface area contributed by atoms with Crippen LogP contribution in [0.2, 0.25) is 0 Å². The maximum Gasteiger partial charge on any atom is 0.0700 e. The predicted octanol–water partition coefficient (Wildman–Crippen LogP) is 2.30. The second-order valence-corrected chi connectivity index (χ2v) is 6.22. The number of ether oxygens (including phenoxy) is 3. The molecule has 5 heteroatoms. The summed E-state index contributed by atoms with van der Waals surface area (Å²) in [5.41, 5.74) is 0. The lowest BCUT2D eigenvalue weighted by Crippen LogP contribution is -2.07. The van der Waals surface area contributed by atoms with E-state index in [4.69, 9.17) is 14.2 Å². The second-order valence-electron chi connectivity index (χ2n) is 3.77. The van der Waals surface area contributed by atoms with Crippen LogP contribution in [0.15, 0.2) is 0 Å². The molecule has 0 radical (unpaired) electrons. The first kappa shape index (κ1) is 15.6. The van der Waals surface area contributed by atoms with Gasteiger partial charge in [0.25, 0.3) is 0 Å². The van der Waals surface area contributed by atoms with E-state index in [1.807, 2.05) is 23.5 Å². The molecule has 0 aromatic rings. The molecule has 0 saturated carbocycles. The average Bonchev–Trinajstić information content (AvgIpc) is 2.35. The molecule has 1 aliphatic heterocycles. The lowest BCUT2D eigenvalue weighted by Gasteiger charge is -2.05. The molecule has 0 amide bonds. The van der Waals surface area contributed by atoms with Crippen LogP contribution in [0, 0.1) is 0 Å². The first-order valence-corrected chi connectivity index (χ1v) is 8.70. The van der Waals surface area contributed by atoms with Crippen LogP contribution >= 0.6 is 23.5 Å². The zero-order valence-electron chi connectivity index (χ0n) is 10.5. The largest absolute Gasteiger partial charge is 0.380 e. The van der Waals surface area contributed by atoms with Gasteiger partial charge in [0.15, 0.2) is 0 Å². The van der Waals surface area contributed by atoms with Crippen LogP contribution in [0.1, 0.15) is 12.8 Å². The Hall–Kier alpha value is 0.580. The maximum atomic E-state index is 5.55. The smallest absolute Gasteiger partial charge is 0.0700 e. The van der Waals surface area contributed by atoms with Gasteiger partial charge in [-0.1, -0.05) is 0 Å². The molecule has 0 aliphatic carbocycles. The Morgan fingerprint density at radius 2 is 0.941 bits per heavy atom. The molecule has 1 heterocycles. The molecule has 1 rings (SSSR count). The van der Waals surface area contributed by atoms with Crippen molar-refractivity contribution in [1.82, 2.24) is 0 Å². The topological polar surface area (TPSA) is 27.7 Å². The quantitative estimate of drug-likeness (QED) is 0.679. The Kier molecular flexibility index (Phi) is 12.0. The van der Waals surface area contributed by atoms with Crippen molar-refractivity contribution in [3.8, 4) is 0 Å². The lowest BCUT2D eigenvalue weighted by molar-refractivity contribution is 0.0488. The third kappa shape index (κ3) is 11.4. The normalized spacial score (nSPS) is 24.0. The van der Waals surface area contributed by atoms with Crippen LogP contribution in [-0.4, -0.2) is 62.7 Å². The minimum atomic E-state index is 0.737. The van der Waals surface area contributed by atoms with Gasteiger partial charge in [-0.25, -0.2) is 0 Å². The van der Waals surface area contributed by atoms with Crippen molar-refractivity contribution in [2.24, 2.45) is 0 Å². The molecule has 1 aliphatic rings. The summed E-state index contributed by atoms with van der Waals surface area (Å²) in [5.74, 6) is 4.54. The standard InChI is InChI=1S/C12H24O3S2/c1-3-13-5-6-14-4-2-10-17-12-8-15-7-11-16-9-1/h1-12H2. The van der Waals surface area contributed by atoms with Crippen LogP contribution < -0.4 is 0 Å². The summed E-state index contributed by atoms with van der Waals surface area (Å²) in [4.78, 5) is 0. The van der Waals surface area contributed by atoms with Crippen molar-refractivity contribution in [1.29, 1.82) is 0 Å². The Morgan fingerprint density at radius 1 is 0.471 bits per heavy atom. The Balaban J connectivity index is 2.01. The molecule has 0 spiro atoms. The van der Waals surface area contributed by atoms with Gasteiger partial charge in [-0.3, -0.25) is 0 Å². The number of hydrogen-bond acceptors (Lipinski definition) is 5. The molecule has 0 aromatic heterocycles. The van der Waals surface area contributed by atoms with Gasteiger partial charge in [0, 0.05) is 24.7 Å². The Bertz CT molecular complexity index is 89.2. The Morgan fingerprint density at radius 3 is 1.47 bits per heavy atom. The molecular formula is C12H24O3S2. The highest BCUT2D eigenvalue weighted by Crippen LogP contribution is 2.05. The van der Waals surface area contributed by atoms with Crippen LogP contribution in [0.5, 0.6) is 0 Å². The fourth-order valence-electron chi connectivity index (χ4n) is 1.39.